The first-order chi connectivity index (χ1) is 12.7. The summed E-state index contributed by atoms with van der Waals surface area (Å²) in [5, 5.41) is 4.98. The van der Waals surface area contributed by atoms with E-state index < -0.39 is 7.26 Å². The molecule has 4 heteroatoms. The third-order valence-corrected chi connectivity index (χ3v) is 9.63. The van der Waals surface area contributed by atoms with E-state index in [1.165, 1.54) is 28.1 Å². The van der Waals surface area contributed by atoms with E-state index in [1.54, 1.807) is 7.05 Å². The first kappa shape index (κ1) is 18.3. The van der Waals surface area contributed by atoms with Crippen LogP contribution in [-0.2, 0) is 9.63 Å². The van der Waals surface area contributed by atoms with E-state index in [0.29, 0.717) is 6.16 Å². The summed E-state index contributed by atoms with van der Waals surface area (Å²) in [6.45, 7) is 0. The summed E-state index contributed by atoms with van der Waals surface area (Å²) in [7, 11) is 0.654. The Morgan fingerprint density at radius 1 is 0.769 bits per heavy atom. The second-order valence-corrected chi connectivity index (χ2v) is 10.2. The molecule has 0 N–H and O–H groups in total. The number of nitrogens with zero attached hydrogens (tertiary/aromatic N) is 1. The minimum absolute atomic E-state index is 0.0178. The average Bonchev–Trinajstić information content (AvgIpc) is 2.73. The molecule has 134 valence electrons. The Morgan fingerprint density at radius 3 is 1.42 bits per heavy atom. The number of benzene rings is 3. The van der Waals surface area contributed by atoms with Crippen LogP contribution in [0.2, 0.25) is 0 Å². The summed E-state index contributed by atoms with van der Waals surface area (Å²) < 4.78 is 0. The normalized spacial score (nSPS) is 11.8. The van der Waals surface area contributed by atoms with Gasteiger partial charge >= 0.3 is 155 Å². The zero-order valence-electron chi connectivity index (χ0n) is 15.1. The molecule has 3 aromatic carbocycles. The van der Waals surface area contributed by atoms with Gasteiger partial charge in [0, 0.05) is 0 Å². The van der Waals surface area contributed by atoms with E-state index in [4.69, 9.17) is 4.84 Å². The third kappa shape index (κ3) is 3.55. The molecule has 3 nitrogen and oxygen atoms in total. The predicted molar refractivity (Wildman–Crippen MR) is 111 cm³/mol. The molecule has 0 aliphatic carbocycles. The maximum atomic E-state index is 12.9. The number of carbonyl (C=O) groups excluding carboxylic acids is 1. The SMILES string of the molecule is CON(C)C(=O)C[PH](c1ccccc1)(c1ccccc1)c1ccccc1. The van der Waals surface area contributed by atoms with Crippen LogP contribution < -0.4 is 15.9 Å². The van der Waals surface area contributed by atoms with Crippen molar-refractivity contribution in [1.29, 1.82) is 0 Å². The predicted octanol–water partition coefficient (Wildman–Crippen LogP) is 2.73. The average molecular weight is 365 g/mol. The minimum atomic E-state index is -2.54. The Kier molecular flexibility index (Phi) is 5.82. The molecule has 3 rings (SSSR count). The first-order valence-electron chi connectivity index (χ1n) is 8.65. The molecule has 0 aromatic heterocycles. The second-order valence-electron chi connectivity index (χ2n) is 6.25. The van der Waals surface area contributed by atoms with E-state index in [1.807, 2.05) is 54.6 Å². The van der Waals surface area contributed by atoms with Crippen molar-refractivity contribution in [2.45, 2.75) is 0 Å². The topological polar surface area (TPSA) is 29.5 Å². The molecule has 0 atom stereocenters. The van der Waals surface area contributed by atoms with Gasteiger partial charge in [-0.2, -0.15) is 0 Å². The van der Waals surface area contributed by atoms with Crippen LogP contribution in [0.5, 0.6) is 0 Å². The number of carbonyl (C=O) groups is 1. The number of hydrogen-bond donors (Lipinski definition) is 0. The van der Waals surface area contributed by atoms with Crippen molar-refractivity contribution in [3.05, 3.63) is 91.0 Å². The molecule has 0 aliphatic rings. The Bertz CT molecular complexity index is 741. The van der Waals surface area contributed by atoms with E-state index in [2.05, 4.69) is 36.4 Å². The quantitative estimate of drug-likeness (QED) is 0.497. The summed E-state index contributed by atoms with van der Waals surface area (Å²) in [5.41, 5.74) is 0. The molecule has 0 saturated heterocycles. The summed E-state index contributed by atoms with van der Waals surface area (Å²) in [6, 6.07) is 31.2. The fourth-order valence-electron chi connectivity index (χ4n) is 3.41. The number of hydrogen-bond acceptors (Lipinski definition) is 2. The monoisotopic (exact) mass is 365 g/mol. The fraction of sp³-hybridized carbons (Fsp3) is 0.136. The second kappa shape index (κ2) is 8.27. The van der Waals surface area contributed by atoms with Gasteiger partial charge in [0.15, 0.2) is 0 Å². The molecule has 3 aromatic rings. The van der Waals surface area contributed by atoms with Gasteiger partial charge in [-0.15, -0.1) is 0 Å². The van der Waals surface area contributed by atoms with Crippen LogP contribution in [0.15, 0.2) is 91.0 Å². The van der Waals surface area contributed by atoms with Crippen LogP contribution in [0.25, 0.3) is 0 Å². The van der Waals surface area contributed by atoms with Gasteiger partial charge in [-0.05, 0) is 0 Å². The molecular weight excluding hydrogens is 341 g/mol. The Hall–Kier alpha value is -2.48. The molecule has 0 aliphatic heterocycles. The van der Waals surface area contributed by atoms with Gasteiger partial charge < -0.3 is 0 Å². The van der Waals surface area contributed by atoms with Crippen molar-refractivity contribution in [1.82, 2.24) is 5.06 Å². The number of amides is 1. The Labute approximate surface area is 155 Å². The van der Waals surface area contributed by atoms with Crippen LogP contribution in [-0.4, -0.2) is 31.3 Å². The van der Waals surface area contributed by atoms with E-state index in [9.17, 15) is 4.79 Å². The summed E-state index contributed by atoms with van der Waals surface area (Å²) in [6.07, 6.45) is 0.412. The van der Waals surface area contributed by atoms with Crippen molar-refractivity contribution in [2.75, 3.05) is 20.3 Å². The molecule has 0 radical (unpaired) electrons. The van der Waals surface area contributed by atoms with Crippen LogP contribution in [0.4, 0.5) is 0 Å². The van der Waals surface area contributed by atoms with Gasteiger partial charge in [0.25, 0.3) is 0 Å². The van der Waals surface area contributed by atoms with Gasteiger partial charge in [0.1, 0.15) is 0 Å². The summed E-state index contributed by atoms with van der Waals surface area (Å²) >= 11 is 0. The van der Waals surface area contributed by atoms with Crippen molar-refractivity contribution in [2.24, 2.45) is 0 Å². The van der Waals surface area contributed by atoms with Gasteiger partial charge in [0.05, 0.1) is 0 Å². The van der Waals surface area contributed by atoms with Crippen molar-refractivity contribution in [3.63, 3.8) is 0 Å². The van der Waals surface area contributed by atoms with Crippen molar-refractivity contribution >= 4 is 29.1 Å². The molecule has 0 unspecified atom stereocenters. The third-order valence-electron chi connectivity index (χ3n) is 4.84. The summed E-state index contributed by atoms with van der Waals surface area (Å²) in [4.78, 5) is 18.1. The number of hydroxylamine groups is 2. The molecule has 0 fully saturated rings. The Morgan fingerprint density at radius 2 is 1.12 bits per heavy atom. The Balaban J connectivity index is 2.26. The van der Waals surface area contributed by atoms with Gasteiger partial charge in [-0.1, -0.05) is 0 Å². The maximum absolute atomic E-state index is 12.9. The first-order valence-corrected chi connectivity index (χ1v) is 10.9. The summed E-state index contributed by atoms with van der Waals surface area (Å²) in [5.74, 6) is -0.0178. The molecule has 0 spiro atoms. The van der Waals surface area contributed by atoms with Crippen LogP contribution in [0.3, 0.4) is 0 Å². The molecule has 0 heterocycles. The molecule has 0 saturated carbocycles. The van der Waals surface area contributed by atoms with Gasteiger partial charge in [-0.25, -0.2) is 0 Å². The molecular formula is C22H24NO2P. The molecule has 1 amide bonds. The molecule has 26 heavy (non-hydrogen) atoms. The van der Waals surface area contributed by atoms with E-state index >= 15 is 0 Å². The van der Waals surface area contributed by atoms with E-state index in [0.717, 1.165) is 0 Å². The molecule has 0 bridgehead atoms. The van der Waals surface area contributed by atoms with Gasteiger partial charge in [-0.3, -0.25) is 0 Å². The van der Waals surface area contributed by atoms with Crippen LogP contribution in [0.1, 0.15) is 0 Å². The van der Waals surface area contributed by atoms with Crippen molar-refractivity contribution < 1.29 is 9.63 Å². The fourth-order valence-corrected chi connectivity index (χ4v) is 7.99. The van der Waals surface area contributed by atoms with Crippen LogP contribution in [0, 0.1) is 0 Å². The van der Waals surface area contributed by atoms with Crippen molar-refractivity contribution in [3.8, 4) is 0 Å². The zero-order valence-corrected chi connectivity index (χ0v) is 16.1. The van der Waals surface area contributed by atoms with Gasteiger partial charge in [0.2, 0.25) is 0 Å². The standard InChI is InChI=1S/C22H24NO2P/c1-23(25-2)22(24)18-26(19-12-6-3-7-13-19,20-14-8-4-9-15-20)21-16-10-5-11-17-21/h3-17,26H,18H2,1-2H3. The van der Waals surface area contributed by atoms with Crippen LogP contribution >= 0.6 is 7.26 Å². The zero-order chi connectivity index (χ0) is 18.4. The van der Waals surface area contributed by atoms with E-state index in [-0.39, 0.29) is 5.91 Å². The number of rotatable bonds is 6.